The Morgan fingerprint density at radius 1 is 1.38 bits per heavy atom. The molecule has 1 aliphatic carbocycles. The monoisotopic (exact) mass is 367 g/mol. The van der Waals surface area contributed by atoms with E-state index in [9.17, 15) is 9.18 Å². The summed E-state index contributed by atoms with van der Waals surface area (Å²) in [7, 11) is 6.79. The largest absolute Gasteiger partial charge is 0.453 e. The summed E-state index contributed by atoms with van der Waals surface area (Å²) >= 11 is 0. The molecular weight excluding hydrogens is 353 g/mol. The van der Waals surface area contributed by atoms with Crippen molar-refractivity contribution >= 4 is 33.4 Å². The summed E-state index contributed by atoms with van der Waals surface area (Å²) in [5.41, 5.74) is 1.05. The molecule has 3 rings (SSSR count). The molecule has 126 valence electrons. The molecule has 1 fully saturated rings. The number of carbonyl (C=O) groups excluding carboxylic acids is 1. The van der Waals surface area contributed by atoms with Gasteiger partial charge in [-0.05, 0) is 53.6 Å². The van der Waals surface area contributed by atoms with Gasteiger partial charge >= 0.3 is 6.03 Å². The number of amides is 2. The van der Waals surface area contributed by atoms with Crippen LogP contribution < -0.4 is 15.4 Å². The van der Waals surface area contributed by atoms with Crippen LogP contribution in [0.1, 0.15) is 18.5 Å². The van der Waals surface area contributed by atoms with Gasteiger partial charge in [0.25, 0.3) is 0 Å². The highest BCUT2D eigenvalue weighted by molar-refractivity contribution is 8.21. The van der Waals surface area contributed by atoms with Crippen LogP contribution in [0.25, 0.3) is 0 Å². The number of carbonyl (C=O) groups is 1. The fourth-order valence-electron chi connectivity index (χ4n) is 2.06. The van der Waals surface area contributed by atoms with Crippen molar-refractivity contribution in [3.8, 4) is 11.5 Å². The van der Waals surface area contributed by atoms with Crippen LogP contribution in [0.4, 0.5) is 14.9 Å². The number of rotatable bonds is 5. The number of aryl methyl sites for hydroxylation is 1. The minimum Gasteiger partial charge on any atom is -0.453 e. The molecular formula is C16H15ClFN3O2S. The number of nitrogens with zero attached hydrogens (tertiary/aromatic N) is 1. The molecule has 1 saturated carbocycles. The Hall–Kier alpha value is -1.99. The second kappa shape index (κ2) is 7.27. The second-order valence-electron chi connectivity index (χ2n) is 5.42. The average molecular weight is 368 g/mol. The Kier molecular flexibility index (Phi) is 5.11. The van der Waals surface area contributed by atoms with Crippen LogP contribution in [0.5, 0.6) is 11.5 Å². The Balaban J connectivity index is 1.73. The fraction of sp³-hybridized carbons (Fsp3) is 0.250. The van der Waals surface area contributed by atoms with Crippen molar-refractivity contribution in [2.75, 3.05) is 5.32 Å². The molecule has 0 unspecified atom stereocenters. The van der Waals surface area contributed by atoms with Crippen LogP contribution in [0.15, 0.2) is 35.4 Å². The molecule has 0 atom stereocenters. The number of aromatic nitrogens is 1. The molecule has 0 spiro atoms. The van der Waals surface area contributed by atoms with Crippen molar-refractivity contribution in [2.45, 2.75) is 30.7 Å². The van der Waals surface area contributed by atoms with E-state index in [1.54, 1.807) is 25.3 Å². The third kappa shape index (κ3) is 4.10. The SMILES string of the molecule is Cc1nccc(Oc2ccc(NC(=O)NC3CC3)cc2F)c1SCl. The van der Waals surface area contributed by atoms with Crippen molar-refractivity contribution in [3.05, 3.63) is 42.0 Å². The molecule has 8 heteroatoms. The van der Waals surface area contributed by atoms with Crippen molar-refractivity contribution in [1.29, 1.82) is 0 Å². The third-order valence-corrected chi connectivity index (χ3v) is 4.56. The lowest BCUT2D eigenvalue weighted by Gasteiger charge is -2.12. The van der Waals surface area contributed by atoms with Crippen LogP contribution in [0.3, 0.4) is 0 Å². The number of hydrogen-bond acceptors (Lipinski definition) is 4. The Morgan fingerprint density at radius 2 is 2.17 bits per heavy atom. The molecule has 0 radical (unpaired) electrons. The number of nitrogens with one attached hydrogen (secondary N) is 2. The minimum atomic E-state index is -0.584. The quantitative estimate of drug-likeness (QED) is 0.792. The van der Waals surface area contributed by atoms with E-state index in [1.165, 1.54) is 12.1 Å². The fourth-order valence-corrected chi connectivity index (χ4v) is 2.98. The van der Waals surface area contributed by atoms with Gasteiger partial charge in [0.05, 0.1) is 10.6 Å². The maximum atomic E-state index is 14.2. The lowest BCUT2D eigenvalue weighted by Crippen LogP contribution is -2.30. The number of benzene rings is 1. The van der Waals surface area contributed by atoms with Crippen LogP contribution >= 0.6 is 21.7 Å². The molecule has 24 heavy (non-hydrogen) atoms. The van der Waals surface area contributed by atoms with Gasteiger partial charge < -0.3 is 15.4 Å². The summed E-state index contributed by atoms with van der Waals surface area (Å²) in [6.45, 7) is 1.79. The van der Waals surface area contributed by atoms with E-state index >= 15 is 0 Å². The minimum absolute atomic E-state index is 0.0423. The highest BCUT2D eigenvalue weighted by Crippen LogP contribution is 2.37. The zero-order valence-corrected chi connectivity index (χ0v) is 14.4. The summed E-state index contributed by atoms with van der Waals surface area (Å²) in [4.78, 5) is 16.4. The van der Waals surface area contributed by atoms with Gasteiger partial charge in [0.1, 0.15) is 5.75 Å². The summed E-state index contributed by atoms with van der Waals surface area (Å²) in [6.07, 6.45) is 3.54. The summed E-state index contributed by atoms with van der Waals surface area (Å²) in [6, 6.07) is 5.76. The zero-order valence-electron chi connectivity index (χ0n) is 12.8. The molecule has 1 heterocycles. The smallest absolute Gasteiger partial charge is 0.319 e. The third-order valence-electron chi connectivity index (χ3n) is 3.45. The van der Waals surface area contributed by atoms with E-state index in [0.717, 1.165) is 23.8 Å². The first-order valence-electron chi connectivity index (χ1n) is 7.36. The summed E-state index contributed by atoms with van der Waals surface area (Å²) in [5, 5.41) is 5.37. The van der Waals surface area contributed by atoms with Crippen molar-refractivity contribution in [1.82, 2.24) is 10.3 Å². The zero-order chi connectivity index (χ0) is 17.1. The molecule has 0 saturated heterocycles. The predicted octanol–water partition coefficient (Wildman–Crippen LogP) is 4.85. The van der Waals surface area contributed by atoms with Gasteiger partial charge in [-0.25, -0.2) is 9.18 Å². The van der Waals surface area contributed by atoms with E-state index in [2.05, 4.69) is 15.6 Å². The van der Waals surface area contributed by atoms with Crippen LogP contribution in [-0.4, -0.2) is 17.1 Å². The van der Waals surface area contributed by atoms with E-state index in [1.807, 2.05) is 0 Å². The number of anilines is 1. The highest BCUT2D eigenvalue weighted by Gasteiger charge is 2.23. The Bertz CT molecular complexity index is 771. The Labute approximate surface area is 147 Å². The number of ether oxygens (including phenoxy) is 1. The second-order valence-corrected chi connectivity index (χ2v) is 6.45. The molecule has 2 aromatic rings. The summed E-state index contributed by atoms with van der Waals surface area (Å²) < 4.78 is 19.8. The molecule has 0 bridgehead atoms. The van der Waals surface area contributed by atoms with Gasteiger partial charge in [-0.3, -0.25) is 4.98 Å². The molecule has 2 N–H and O–H groups in total. The topological polar surface area (TPSA) is 63.2 Å². The maximum absolute atomic E-state index is 14.2. The van der Waals surface area contributed by atoms with Crippen molar-refractivity contribution < 1.29 is 13.9 Å². The van der Waals surface area contributed by atoms with Gasteiger partial charge in [0.15, 0.2) is 11.6 Å². The molecule has 2 amide bonds. The highest BCUT2D eigenvalue weighted by atomic mass is 35.7. The van der Waals surface area contributed by atoms with Crippen molar-refractivity contribution in [2.24, 2.45) is 0 Å². The summed E-state index contributed by atoms with van der Waals surface area (Å²) in [5.74, 6) is -0.117. The van der Waals surface area contributed by atoms with Gasteiger partial charge in [0.2, 0.25) is 0 Å². The van der Waals surface area contributed by atoms with Gasteiger partial charge in [0, 0.05) is 30.1 Å². The van der Waals surface area contributed by atoms with E-state index in [4.69, 9.17) is 15.4 Å². The predicted molar refractivity (Wildman–Crippen MR) is 92.3 cm³/mol. The van der Waals surface area contributed by atoms with Crippen molar-refractivity contribution in [3.63, 3.8) is 0 Å². The first-order chi connectivity index (χ1) is 11.6. The molecule has 0 aliphatic heterocycles. The van der Waals surface area contributed by atoms with E-state index in [0.29, 0.717) is 22.0 Å². The number of urea groups is 1. The Morgan fingerprint density at radius 3 is 2.83 bits per heavy atom. The number of halogens is 2. The number of hydrogen-bond donors (Lipinski definition) is 2. The van der Waals surface area contributed by atoms with E-state index < -0.39 is 5.82 Å². The maximum Gasteiger partial charge on any atom is 0.319 e. The van der Waals surface area contributed by atoms with Crippen LogP contribution in [0, 0.1) is 12.7 Å². The van der Waals surface area contributed by atoms with Gasteiger partial charge in [-0.2, -0.15) is 0 Å². The lowest BCUT2D eigenvalue weighted by molar-refractivity contribution is 0.251. The van der Waals surface area contributed by atoms with Gasteiger partial charge in [-0.1, -0.05) is 0 Å². The van der Waals surface area contributed by atoms with Crippen LogP contribution in [-0.2, 0) is 0 Å². The van der Waals surface area contributed by atoms with Gasteiger partial charge in [-0.15, -0.1) is 0 Å². The average Bonchev–Trinajstić information content (AvgIpc) is 3.34. The molecule has 1 aromatic heterocycles. The van der Waals surface area contributed by atoms with E-state index in [-0.39, 0.29) is 17.8 Å². The number of pyridine rings is 1. The first kappa shape index (κ1) is 16.9. The molecule has 1 aromatic carbocycles. The standard InChI is InChI=1S/C16H15ClFN3O2S/c1-9-15(24-17)14(6-7-19-9)23-13-5-4-11(8-12(13)18)21-16(22)20-10-2-3-10/h4-8,10H,2-3H2,1H3,(H2,20,21,22). The molecule has 1 aliphatic rings. The molecule has 5 nitrogen and oxygen atoms in total. The first-order valence-corrected chi connectivity index (χ1v) is 9.00. The lowest BCUT2D eigenvalue weighted by atomic mass is 10.3. The normalized spacial score (nSPS) is 13.5. The van der Waals surface area contributed by atoms with Crippen LogP contribution in [0.2, 0.25) is 0 Å².